The third-order valence-corrected chi connectivity index (χ3v) is 5.77. The van der Waals surface area contributed by atoms with Crippen LogP contribution in [0.3, 0.4) is 0 Å². The van der Waals surface area contributed by atoms with Crippen LogP contribution in [-0.4, -0.2) is 51.9 Å². The molecule has 0 radical (unpaired) electrons. The smallest absolute Gasteiger partial charge is 0.339 e. The number of quaternary nitrogens is 1. The molecule has 1 saturated heterocycles. The maximum atomic E-state index is 12.2. The van der Waals surface area contributed by atoms with Crippen molar-refractivity contribution in [2.75, 3.05) is 46.0 Å². The molecule has 1 aromatic carbocycles. The van der Waals surface area contributed by atoms with Gasteiger partial charge in [0.2, 0.25) is 0 Å². The van der Waals surface area contributed by atoms with E-state index in [0.717, 1.165) is 80.6 Å². The third-order valence-electron chi connectivity index (χ3n) is 5.77. The first-order chi connectivity index (χ1) is 14.1. The quantitative estimate of drug-likeness (QED) is 0.518. The predicted octanol–water partition coefficient (Wildman–Crippen LogP) is 0.390. The fourth-order valence-electron chi connectivity index (χ4n) is 4.29. The van der Waals surface area contributed by atoms with Crippen molar-refractivity contribution in [3.05, 3.63) is 39.2 Å². The highest BCUT2D eigenvalue weighted by molar-refractivity contribution is 5.89. The van der Waals surface area contributed by atoms with Gasteiger partial charge in [0, 0.05) is 18.5 Å². The van der Waals surface area contributed by atoms with Gasteiger partial charge >= 0.3 is 5.63 Å². The van der Waals surface area contributed by atoms with Crippen molar-refractivity contribution >= 4 is 16.9 Å². The number of carbonyl (C=O) groups excluding carboxylic acids is 1. The van der Waals surface area contributed by atoms with Crippen molar-refractivity contribution in [3.63, 3.8) is 0 Å². The minimum atomic E-state index is -0.248. The SMILES string of the molecule is Cc1cc(OCC(=O)NCCC[NH+]2CCOCC2)c2c3c(c(=O)oc2c1)CCC3. The summed E-state index contributed by atoms with van der Waals surface area (Å²) < 4.78 is 16.8. The van der Waals surface area contributed by atoms with Gasteiger partial charge in [-0.25, -0.2) is 4.79 Å². The molecule has 7 nitrogen and oxygen atoms in total. The first-order valence-electron chi connectivity index (χ1n) is 10.5. The number of fused-ring (bicyclic) bond motifs is 3. The van der Waals surface area contributed by atoms with Crippen molar-refractivity contribution in [2.24, 2.45) is 0 Å². The van der Waals surface area contributed by atoms with E-state index in [4.69, 9.17) is 13.9 Å². The van der Waals surface area contributed by atoms with Gasteiger partial charge in [-0.05, 0) is 49.4 Å². The van der Waals surface area contributed by atoms with Crippen molar-refractivity contribution in [1.29, 1.82) is 0 Å². The summed E-state index contributed by atoms with van der Waals surface area (Å²) in [5.41, 5.74) is 2.99. The summed E-state index contributed by atoms with van der Waals surface area (Å²) in [5.74, 6) is 0.487. The third kappa shape index (κ3) is 4.62. The van der Waals surface area contributed by atoms with Crippen LogP contribution in [0, 0.1) is 6.92 Å². The molecule has 7 heteroatoms. The van der Waals surface area contributed by atoms with Gasteiger partial charge in [0.1, 0.15) is 24.4 Å². The number of carbonyl (C=O) groups is 1. The maximum absolute atomic E-state index is 12.2. The topological polar surface area (TPSA) is 82.2 Å². The van der Waals surface area contributed by atoms with Crippen molar-refractivity contribution in [3.8, 4) is 5.75 Å². The average molecular weight is 401 g/mol. The Hall–Kier alpha value is -2.38. The van der Waals surface area contributed by atoms with Crippen LogP contribution in [0.1, 0.15) is 29.5 Å². The molecule has 1 aliphatic carbocycles. The number of hydrogen-bond acceptors (Lipinski definition) is 5. The fourth-order valence-corrected chi connectivity index (χ4v) is 4.29. The number of benzene rings is 1. The highest BCUT2D eigenvalue weighted by Gasteiger charge is 2.22. The minimum Gasteiger partial charge on any atom is -0.483 e. The second-order valence-electron chi connectivity index (χ2n) is 7.94. The molecule has 1 amide bonds. The maximum Gasteiger partial charge on any atom is 0.339 e. The van der Waals surface area contributed by atoms with Crippen LogP contribution in [0.2, 0.25) is 0 Å². The molecule has 1 aromatic heterocycles. The van der Waals surface area contributed by atoms with Gasteiger partial charge in [-0.2, -0.15) is 0 Å². The monoisotopic (exact) mass is 401 g/mol. The van der Waals surface area contributed by atoms with E-state index in [0.29, 0.717) is 17.9 Å². The van der Waals surface area contributed by atoms with E-state index in [-0.39, 0.29) is 18.1 Å². The molecule has 2 aliphatic rings. The Bertz CT molecular complexity index is 946. The van der Waals surface area contributed by atoms with E-state index in [2.05, 4.69) is 5.32 Å². The zero-order chi connectivity index (χ0) is 20.2. The van der Waals surface area contributed by atoms with Gasteiger partial charge in [-0.15, -0.1) is 0 Å². The Morgan fingerprint density at radius 3 is 2.83 bits per heavy atom. The molecule has 156 valence electrons. The minimum absolute atomic E-state index is 0.0448. The number of amides is 1. The van der Waals surface area contributed by atoms with Crippen LogP contribution >= 0.6 is 0 Å². The van der Waals surface area contributed by atoms with Crippen LogP contribution in [0.25, 0.3) is 11.0 Å². The normalized spacial score (nSPS) is 16.7. The number of ether oxygens (including phenoxy) is 2. The lowest BCUT2D eigenvalue weighted by Gasteiger charge is -2.23. The molecule has 2 N–H and O–H groups in total. The van der Waals surface area contributed by atoms with Crippen molar-refractivity contribution in [2.45, 2.75) is 32.6 Å². The Balaban J connectivity index is 1.36. The van der Waals surface area contributed by atoms with Crippen LogP contribution in [0.15, 0.2) is 21.3 Å². The number of aryl methyl sites for hydroxylation is 2. The standard InChI is InChI=1S/C22H28N2O5/c1-15-12-18(21-16-4-2-5-17(16)22(26)29-19(21)13-15)28-14-20(25)23-6-3-7-24-8-10-27-11-9-24/h12-13H,2-11,14H2,1H3,(H,23,25)/p+1. The molecule has 0 saturated carbocycles. The first-order valence-corrected chi connectivity index (χ1v) is 10.5. The summed E-state index contributed by atoms with van der Waals surface area (Å²) >= 11 is 0. The Kier molecular flexibility index (Phi) is 6.16. The van der Waals surface area contributed by atoms with E-state index < -0.39 is 0 Å². The van der Waals surface area contributed by atoms with Gasteiger partial charge in [-0.3, -0.25) is 4.79 Å². The highest BCUT2D eigenvalue weighted by atomic mass is 16.5. The molecule has 1 fully saturated rings. The molecule has 0 bridgehead atoms. The van der Waals surface area contributed by atoms with Crippen LogP contribution < -0.4 is 20.6 Å². The molecule has 1 aliphatic heterocycles. The molecule has 29 heavy (non-hydrogen) atoms. The summed E-state index contributed by atoms with van der Waals surface area (Å²) in [4.78, 5) is 26.0. The summed E-state index contributed by atoms with van der Waals surface area (Å²) in [5, 5.41) is 3.77. The van der Waals surface area contributed by atoms with E-state index in [1.165, 1.54) is 4.90 Å². The second-order valence-corrected chi connectivity index (χ2v) is 7.94. The summed E-state index contributed by atoms with van der Waals surface area (Å²) in [6.45, 7) is 7.29. The number of rotatable bonds is 7. The predicted molar refractivity (Wildman–Crippen MR) is 109 cm³/mol. The summed E-state index contributed by atoms with van der Waals surface area (Å²) in [6, 6.07) is 3.77. The Morgan fingerprint density at radius 2 is 2.00 bits per heavy atom. The van der Waals surface area contributed by atoms with E-state index in [1.807, 2.05) is 19.1 Å². The van der Waals surface area contributed by atoms with Gasteiger partial charge in [-0.1, -0.05) is 0 Å². The zero-order valence-electron chi connectivity index (χ0n) is 17.0. The van der Waals surface area contributed by atoms with Crippen molar-refractivity contribution < 1.29 is 23.6 Å². The number of hydrogen-bond donors (Lipinski definition) is 2. The van der Waals surface area contributed by atoms with Crippen molar-refractivity contribution in [1.82, 2.24) is 5.32 Å². The summed E-state index contributed by atoms with van der Waals surface area (Å²) in [7, 11) is 0. The molecule has 4 rings (SSSR count). The zero-order valence-corrected chi connectivity index (χ0v) is 17.0. The molecule has 2 heterocycles. The molecule has 0 atom stereocenters. The molecule has 0 spiro atoms. The van der Waals surface area contributed by atoms with Crippen LogP contribution in [-0.2, 0) is 22.4 Å². The molecular formula is C22H29N2O5+. The lowest BCUT2D eigenvalue weighted by atomic mass is 10.0. The largest absolute Gasteiger partial charge is 0.483 e. The van der Waals surface area contributed by atoms with E-state index >= 15 is 0 Å². The number of morpholine rings is 1. The second kappa shape index (κ2) is 8.97. The first kappa shape index (κ1) is 19.9. The van der Waals surface area contributed by atoms with Gasteiger partial charge in [0.15, 0.2) is 6.61 Å². The average Bonchev–Trinajstić information content (AvgIpc) is 3.20. The Morgan fingerprint density at radius 1 is 1.21 bits per heavy atom. The lowest BCUT2D eigenvalue weighted by molar-refractivity contribution is -0.908. The number of nitrogens with one attached hydrogen (secondary N) is 2. The molecule has 2 aromatic rings. The van der Waals surface area contributed by atoms with E-state index in [1.54, 1.807) is 0 Å². The van der Waals surface area contributed by atoms with E-state index in [9.17, 15) is 9.59 Å². The van der Waals surface area contributed by atoms with Gasteiger partial charge < -0.3 is 24.1 Å². The van der Waals surface area contributed by atoms with Gasteiger partial charge in [0.05, 0.1) is 25.1 Å². The Labute approximate surface area is 170 Å². The fraction of sp³-hybridized carbons (Fsp3) is 0.545. The van der Waals surface area contributed by atoms with Gasteiger partial charge in [0.25, 0.3) is 5.91 Å². The van der Waals surface area contributed by atoms with Crippen LogP contribution in [0.4, 0.5) is 0 Å². The highest BCUT2D eigenvalue weighted by Crippen LogP contribution is 2.35. The molecular weight excluding hydrogens is 372 g/mol. The lowest BCUT2D eigenvalue weighted by Crippen LogP contribution is -3.14. The molecule has 0 unspecified atom stereocenters. The van der Waals surface area contributed by atoms with Crippen LogP contribution in [0.5, 0.6) is 5.75 Å². The summed E-state index contributed by atoms with van der Waals surface area (Å²) in [6.07, 6.45) is 3.46.